The number of halogens is 1. The van der Waals surface area contributed by atoms with Gasteiger partial charge in [-0.3, -0.25) is 9.48 Å². The minimum absolute atomic E-state index is 0.0805. The van der Waals surface area contributed by atoms with Crippen LogP contribution < -0.4 is 5.32 Å². The molecule has 0 unspecified atom stereocenters. The monoisotopic (exact) mass is 427 g/mol. The molecule has 2 aromatic carbocycles. The van der Waals surface area contributed by atoms with Gasteiger partial charge in [0.2, 0.25) is 0 Å². The van der Waals surface area contributed by atoms with E-state index >= 15 is 0 Å². The second-order valence-corrected chi connectivity index (χ2v) is 7.12. The summed E-state index contributed by atoms with van der Waals surface area (Å²) in [4.78, 5) is 17.9. The summed E-state index contributed by atoms with van der Waals surface area (Å²) in [6.45, 7) is 2.67. The fraction of sp³-hybridized carbons (Fsp3) is 0.0833. The van der Waals surface area contributed by atoms with Crippen molar-refractivity contribution >= 4 is 22.7 Å². The van der Waals surface area contributed by atoms with Crippen LogP contribution in [0.15, 0.2) is 77.4 Å². The predicted octanol–water partition coefficient (Wildman–Crippen LogP) is 5.16. The Morgan fingerprint density at radius 3 is 2.59 bits per heavy atom. The first-order valence-electron chi connectivity index (χ1n) is 10.1. The number of aryl methyl sites for hydroxylation is 1. The maximum absolute atomic E-state index is 14.2. The number of amides is 1. The molecule has 0 fully saturated rings. The van der Waals surface area contributed by atoms with Gasteiger partial charge in [0.05, 0.1) is 22.3 Å². The van der Waals surface area contributed by atoms with Crippen molar-refractivity contribution in [3.63, 3.8) is 0 Å². The summed E-state index contributed by atoms with van der Waals surface area (Å²) in [5.41, 5.74) is 2.85. The fourth-order valence-electron chi connectivity index (χ4n) is 3.48. The first-order valence-corrected chi connectivity index (χ1v) is 10.1. The Hall–Kier alpha value is -4.33. The quantitative estimate of drug-likeness (QED) is 0.418. The van der Waals surface area contributed by atoms with Gasteiger partial charge in [-0.05, 0) is 31.2 Å². The summed E-state index contributed by atoms with van der Waals surface area (Å²) in [6.07, 6.45) is 1.83. The average molecular weight is 427 g/mol. The van der Waals surface area contributed by atoms with Crippen LogP contribution in [0.1, 0.15) is 17.3 Å². The number of fused-ring (bicyclic) bond motifs is 1. The molecule has 7 nitrogen and oxygen atoms in total. The molecule has 0 bridgehead atoms. The summed E-state index contributed by atoms with van der Waals surface area (Å²) in [5.74, 6) is -1.03. The van der Waals surface area contributed by atoms with Gasteiger partial charge in [-0.2, -0.15) is 5.10 Å². The third-order valence-corrected chi connectivity index (χ3v) is 5.09. The van der Waals surface area contributed by atoms with E-state index in [0.29, 0.717) is 29.0 Å². The van der Waals surface area contributed by atoms with E-state index in [1.807, 2.05) is 49.5 Å². The summed E-state index contributed by atoms with van der Waals surface area (Å²) < 4.78 is 21.5. The molecule has 0 aliphatic rings. The minimum Gasteiger partial charge on any atom is -0.335 e. The van der Waals surface area contributed by atoms with Crippen LogP contribution in [-0.2, 0) is 6.54 Å². The number of carbonyl (C=O) groups excluding carboxylic acids is 1. The van der Waals surface area contributed by atoms with Crippen molar-refractivity contribution in [1.82, 2.24) is 19.9 Å². The lowest BCUT2D eigenvalue weighted by molar-refractivity contribution is 0.102. The molecule has 8 heteroatoms. The maximum Gasteiger partial charge on any atom is 0.259 e. The average Bonchev–Trinajstić information content (AvgIpc) is 3.48. The van der Waals surface area contributed by atoms with Gasteiger partial charge in [0.25, 0.3) is 11.6 Å². The molecule has 32 heavy (non-hydrogen) atoms. The highest BCUT2D eigenvalue weighted by Crippen LogP contribution is 2.33. The number of hydrogen-bond acceptors (Lipinski definition) is 5. The summed E-state index contributed by atoms with van der Waals surface area (Å²) in [7, 11) is 0. The zero-order valence-corrected chi connectivity index (χ0v) is 17.1. The number of hydrogen-bond donors (Lipinski definition) is 1. The number of carbonyl (C=O) groups is 1. The second kappa shape index (κ2) is 8.07. The summed E-state index contributed by atoms with van der Waals surface area (Å²) in [6, 6.07) is 18.8. The lowest BCUT2D eigenvalue weighted by atomic mass is 10.0. The summed E-state index contributed by atoms with van der Waals surface area (Å²) in [5, 5.41) is 11.7. The molecule has 1 amide bonds. The van der Waals surface area contributed by atoms with Crippen LogP contribution in [0, 0.1) is 5.82 Å². The Balaban J connectivity index is 1.68. The number of nitrogens with one attached hydrogen (secondary N) is 1. The highest BCUT2D eigenvalue weighted by Gasteiger charge is 2.23. The Kier molecular flexibility index (Phi) is 4.95. The van der Waals surface area contributed by atoms with E-state index in [2.05, 4.69) is 20.6 Å². The van der Waals surface area contributed by atoms with Gasteiger partial charge in [0.15, 0.2) is 0 Å². The lowest BCUT2D eigenvalue weighted by Crippen LogP contribution is -2.14. The van der Waals surface area contributed by atoms with E-state index in [4.69, 9.17) is 4.52 Å². The molecule has 0 radical (unpaired) electrons. The zero-order valence-electron chi connectivity index (χ0n) is 17.1. The van der Waals surface area contributed by atoms with Crippen LogP contribution in [0.2, 0.25) is 0 Å². The molecule has 0 aliphatic heterocycles. The van der Waals surface area contributed by atoms with E-state index in [9.17, 15) is 9.18 Å². The molecule has 158 valence electrons. The van der Waals surface area contributed by atoms with Crippen molar-refractivity contribution in [3.05, 3.63) is 84.3 Å². The molecule has 0 saturated carbocycles. The molecule has 0 aliphatic carbocycles. The molecule has 0 spiro atoms. The van der Waals surface area contributed by atoms with Crippen LogP contribution in [0.4, 0.5) is 10.1 Å². The smallest absolute Gasteiger partial charge is 0.259 e. The molecule has 0 atom stereocenters. The van der Waals surface area contributed by atoms with Crippen LogP contribution in [-0.4, -0.2) is 25.8 Å². The fourth-order valence-corrected chi connectivity index (χ4v) is 3.48. The molecule has 1 N–H and O–H groups in total. The largest absolute Gasteiger partial charge is 0.335 e. The van der Waals surface area contributed by atoms with E-state index in [1.165, 1.54) is 12.1 Å². The first kappa shape index (κ1) is 19.6. The topological polar surface area (TPSA) is 85.8 Å². The Bertz CT molecular complexity index is 1430. The highest BCUT2D eigenvalue weighted by molar-refractivity contribution is 6.15. The number of benzene rings is 2. The van der Waals surface area contributed by atoms with Crippen LogP contribution in [0.25, 0.3) is 33.7 Å². The third kappa shape index (κ3) is 3.51. The van der Waals surface area contributed by atoms with Gasteiger partial charge in [-0.15, -0.1) is 0 Å². The Morgan fingerprint density at radius 1 is 1.06 bits per heavy atom. The van der Waals surface area contributed by atoms with Crippen molar-refractivity contribution < 1.29 is 13.7 Å². The first-order chi connectivity index (χ1) is 15.6. The number of pyridine rings is 1. The Labute approximate surface area is 182 Å². The third-order valence-electron chi connectivity index (χ3n) is 5.09. The van der Waals surface area contributed by atoms with E-state index in [0.717, 1.165) is 5.56 Å². The Morgan fingerprint density at radius 2 is 1.84 bits per heavy atom. The second-order valence-electron chi connectivity index (χ2n) is 7.12. The van der Waals surface area contributed by atoms with Gasteiger partial charge in [0, 0.05) is 18.3 Å². The molecule has 3 heterocycles. The van der Waals surface area contributed by atoms with Gasteiger partial charge >= 0.3 is 0 Å². The zero-order chi connectivity index (χ0) is 22.1. The molecule has 5 aromatic rings. The minimum atomic E-state index is -0.526. The number of anilines is 1. The van der Waals surface area contributed by atoms with Gasteiger partial charge < -0.3 is 9.84 Å². The van der Waals surface area contributed by atoms with Crippen molar-refractivity contribution in [2.75, 3.05) is 5.32 Å². The van der Waals surface area contributed by atoms with Crippen LogP contribution >= 0.6 is 0 Å². The predicted molar refractivity (Wildman–Crippen MR) is 118 cm³/mol. The lowest BCUT2D eigenvalue weighted by Gasteiger charge is -2.09. The molecular weight excluding hydrogens is 409 g/mol. The summed E-state index contributed by atoms with van der Waals surface area (Å²) >= 11 is 0. The van der Waals surface area contributed by atoms with Crippen molar-refractivity contribution in [3.8, 4) is 22.6 Å². The molecule has 5 rings (SSSR count). The normalized spacial score (nSPS) is 11.1. The molecule has 0 saturated heterocycles. The van der Waals surface area contributed by atoms with Crippen molar-refractivity contribution in [2.45, 2.75) is 13.5 Å². The standard InChI is InChI=1S/C24H18FN5O2/c1-2-30-13-12-19(28-30)20-14-16(23(31)26-18-11-7-6-10-17(18)25)21-22(29-32-24(21)27-20)15-8-4-3-5-9-15/h3-14H,2H2,1H3,(H,26,31). The van der Waals surface area contributed by atoms with Crippen molar-refractivity contribution in [2.24, 2.45) is 0 Å². The van der Waals surface area contributed by atoms with Crippen LogP contribution in [0.3, 0.4) is 0 Å². The van der Waals surface area contributed by atoms with E-state index < -0.39 is 11.7 Å². The number of rotatable bonds is 5. The number of aromatic nitrogens is 4. The van der Waals surface area contributed by atoms with E-state index in [-0.39, 0.29) is 17.0 Å². The highest BCUT2D eigenvalue weighted by atomic mass is 19.1. The van der Waals surface area contributed by atoms with Gasteiger partial charge in [-0.25, -0.2) is 9.37 Å². The molecular formula is C24H18FN5O2. The SMILES string of the molecule is CCn1ccc(-c2cc(C(=O)Nc3ccccc3F)c3c(-c4ccccc4)noc3n2)n1. The molecule has 3 aromatic heterocycles. The maximum atomic E-state index is 14.2. The number of nitrogens with zero attached hydrogens (tertiary/aromatic N) is 4. The van der Waals surface area contributed by atoms with Gasteiger partial charge in [-0.1, -0.05) is 47.6 Å². The number of para-hydroxylation sites is 1. The van der Waals surface area contributed by atoms with Crippen molar-refractivity contribution in [1.29, 1.82) is 0 Å². The van der Waals surface area contributed by atoms with Gasteiger partial charge in [0.1, 0.15) is 17.2 Å². The van der Waals surface area contributed by atoms with E-state index in [1.54, 1.807) is 22.9 Å². The van der Waals surface area contributed by atoms with Crippen LogP contribution in [0.5, 0.6) is 0 Å².